The van der Waals surface area contributed by atoms with Crippen LogP contribution in [0.2, 0.25) is 0 Å². The van der Waals surface area contributed by atoms with E-state index in [2.05, 4.69) is 40.3 Å². The first-order chi connectivity index (χ1) is 8.74. The first kappa shape index (κ1) is 12.5. The van der Waals surface area contributed by atoms with Crippen LogP contribution in [0.1, 0.15) is 36.3 Å². The Morgan fingerprint density at radius 3 is 2.83 bits per heavy atom. The van der Waals surface area contributed by atoms with E-state index in [-0.39, 0.29) is 0 Å². The number of nitrogens with one attached hydrogen (secondary N) is 1. The minimum atomic E-state index is 0.607. The monoisotopic (exact) mass is 309 g/mol. The smallest absolute Gasteiger partial charge is 0.137 e. The van der Waals surface area contributed by atoms with Gasteiger partial charge in [-0.25, -0.2) is 0 Å². The summed E-state index contributed by atoms with van der Waals surface area (Å²) in [6.45, 7) is 5.24. The largest absolute Gasteiger partial charge is 0.492 e. The molecule has 0 amide bonds. The number of halogens is 1. The molecule has 1 N–H and O–H groups in total. The molecule has 1 atom stereocenters. The lowest BCUT2D eigenvalue weighted by Gasteiger charge is -2.18. The van der Waals surface area contributed by atoms with Crippen LogP contribution in [-0.4, -0.2) is 19.7 Å². The van der Waals surface area contributed by atoms with Crippen LogP contribution in [0.4, 0.5) is 0 Å². The summed E-state index contributed by atoms with van der Waals surface area (Å²) in [5, 5.41) is 3.44. The summed E-state index contributed by atoms with van der Waals surface area (Å²) in [6.07, 6.45) is 3.89. The van der Waals surface area contributed by atoms with Crippen LogP contribution in [0.3, 0.4) is 0 Å². The van der Waals surface area contributed by atoms with Crippen LogP contribution in [0.15, 0.2) is 16.6 Å². The van der Waals surface area contributed by atoms with Gasteiger partial charge in [-0.05, 0) is 71.8 Å². The highest BCUT2D eigenvalue weighted by atomic mass is 79.9. The van der Waals surface area contributed by atoms with Crippen molar-refractivity contribution in [3.05, 3.63) is 27.7 Å². The van der Waals surface area contributed by atoms with Crippen molar-refractivity contribution in [1.29, 1.82) is 0 Å². The first-order valence-electron chi connectivity index (χ1n) is 6.87. The lowest BCUT2D eigenvalue weighted by molar-refractivity contribution is 0.293. The predicted molar refractivity (Wildman–Crippen MR) is 77.3 cm³/mol. The highest BCUT2D eigenvalue weighted by molar-refractivity contribution is 9.10. The van der Waals surface area contributed by atoms with Crippen molar-refractivity contribution in [2.75, 3.05) is 19.7 Å². The van der Waals surface area contributed by atoms with Gasteiger partial charge in [0, 0.05) is 12.5 Å². The predicted octanol–water partition coefficient (Wildman–Crippen LogP) is 3.62. The number of rotatable bonds is 4. The number of hydrogen-bond acceptors (Lipinski definition) is 2. The summed E-state index contributed by atoms with van der Waals surface area (Å²) in [5.41, 5.74) is 2.69. The van der Waals surface area contributed by atoms with Crippen molar-refractivity contribution in [2.45, 2.75) is 32.1 Å². The van der Waals surface area contributed by atoms with E-state index in [9.17, 15) is 0 Å². The molecule has 3 heteroatoms. The number of benzene rings is 1. The zero-order valence-corrected chi connectivity index (χ0v) is 12.4. The van der Waals surface area contributed by atoms with E-state index in [1.807, 2.05) is 0 Å². The summed E-state index contributed by atoms with van der Waals surface area (Å²) < 4.78 is 7.20. The molecule has 0 spiro atoms. The van der Waals surface area contributed by atoms with Crippen LogP contribution in [0, 0.1) is 12.8 Å². The van der Waals surface area contributed by atoms with Crippen molar-refractivity contribution < 1.29 is 4.74 Å². The Hall–Kier alpha value is -0.540. The first-order valence-corrected chi connectivity index (χ1v) is 7.67. The Kier molecular flexibility index (Phi) is 3.62. The van der Waals surface area contributed by atoms with Gasteiger partial charge >= 0.3 is 0 Å². The van der Waals surface area contributed by atoms with Crippen LogP contribution in [0.5, 0.6) is 5.75 Å². The molecule has 2 fully saturated rings. The summed E-state index contributed by atoms with van der Waals surface area (Å²) in [6, 6.07) is 4.46. The normalized spacial score (nSPS) is 23.3. The van der Waals surface area contributed by atoms with Gasteiger partial charge in [-0.1, -0.05) is 6.07 Å². The molecule has 3 rings (SSSR count). The molecule has 1 aromatic carbocycles. The van der Waals surface area contributed by atoms with Crippen LogP contribution < -0.4 is 10.1 Å². The molecule has 2 aliphatic rings. The summed E-state index contributed by atoms with van der Waals surface area (Å²) in [7, 11) is 0. The lowest BCUT2D eigenvalue weighted by Crippen LogP contribution is -2.10. The third-order valence-corrected chi connectivity index (χ3v) is 4.47. The number of hydrogen-bond donors (Lipinski definition) is 1. The molecule has 1 aliphatic heterocycles. The third kappa shape index (κ3) is 2.72. The van der Waals surface area contributed by atoms with Crippen molar-refractivity contribution in [2.24, 2.45) is 5.92 Å². The van der Waals surface area contributed by atoms with Crippen LogP contribution in [0.25, 0.3) is 0 Å². The maximum absolute atomic E-state index is 6.08. The van der Waals surface area contributed by atoms with Gasteiger partial charge in [0.05, 0.1) is 11.1 Å². The SMILES string of the molecule is Cc1cc(Br)c(OCC2CC2)c(C2CCNC2)c1. The van der Waals surface area contributed by atoms with E-state index in [4.69, 9.17) is 4.74 Å². The van der Waals surface area contributed by atoms with Gasteiger partial charge < -0.3 is 10.1 Å². The van der Waals surface area contributed by atoms with Gasteiger partial charge in [-0.15, -0.1) is 0 Å². The average molecular weight is 310 g/mol. The topological polar surface area (TPSA) is 21.3 Å². The molecule has 18 heavy (non-hydrogen) atoms. The highest BCUT2D eigenvalue weighted by Crippen LogP contribution is 2.39. The molecular weight excluding hydrogens is 290 g/mol. The van der Waals surface area contributed by atoms with Crippen molar-refractivity contribution >= 4 is 15.9 Å². The molecule has 0 aromatic heterocycles. The third-order valence-electron chi connectivity index (χ3n) is 3.88. The minimum absolute atomic E-state index is 0.607. The fourth-order valence-corrected chi connectivity index (χ4v) is 3.32. The molecule has 1 saturated heterocycles. The zero-order chi connectivity index (χ0) is 12.5. The molecule has 1 saturated carbocycles. The second-order valence-corrected chi connectivity index (χ2v) is 6.46. The van der Waals surface area contributed by atoms with E-state index < -0.39 is 0 Å². The second kappa shape index (κ2) is 5.22. The van der Waals surface area contributed by atoms with Crippen molar-refractivity contribution in [3.63, 3.8) is 0 Å². The van der Waals surface area contributed by atoms with Crippen LogP contribution in [-0.2, 0) is 0 Å². The fourth-order valence-electron chi connectivity index (χ4n) is 2.62. The Bertz CT molecular complexity index is 436. The van der Waals surface area contributed by atoms with Crippen molar-refractivity contribution in [1.82, 2.24) is 5.32 Å². The molecule has 1 unspecified atom stereocenters. The maximum Gasteiger partial charge on any atom is 0.137 e. The lowest BCUT2D eigenvalue weighted by atomic mass is 9.96. The van der Waals surface area contributed by atoms with Gasteiger partial charge in [0.1, 0.15) is 5.75 Å². The van der Waals surface area contributed by atoms with Crippen LogP contribution >= 0.6 is 15.9 Å². The van der Waals surface area contributed by atoms with Gasteiger partial charge in [-0.2, -0.15) is 0 Å². The van der Waals surface area contributed by atoms with Gasteiger partial charge in [0.25, 0.3) is 0 Å². The molecule has 0 bridgehead atoms. The van der Waals surface area contributed by atoms with E-state index in [0.29, 0.717) is 5.92 Å². The molecule has 2 nitrogen and oxygen atoms in total. The Labute approximate surface area is 117 Å². The molecule has 1 aromatic rings. The fraction of sp³-hybridized carbons (Fsp3) is 0.600. The van der Waals surface area contributed by atoms with E-state index in [1.165, 1.54) is 30.4 Å². The minimum Gasteiger partial charge on any atom is -0.492 e. The summed E-state index contributed by atoms with van der Waals surface area (Å²) >= 11 is 3.67. The van der Waals surface area contributed by atoms with Crippen molar-refractivity contribution in [3.8, 4) is 5.75 Å². The molecule has 1 aliphatic carbocycles. The summed E-state index contributed by atoms with van der Waals surface area (Å²) in [5.74, 6) is 2.49. The molecule has 98 valence electrons. The van der Waals surface area contributed by atoms with Gasteiger partial charge in [-0.3, -0.25) is 0 Å². The molecular formula is C15H20BrNO. The standard InChI is InChI=1S/C15H20BrNO/c1-10-6-13(12-4-5-17-8-12)15(14(16)7-10)18-9-11-2-3-11/h6-7,11-12,17H,2-5,8-9H2,1H3. The molecule has 0 radical (unpaired) electrons. The van der Waals surface area contributed by atoms with Gasteiger partial charge in [0.2, 0.25) is 0 Å². The Balaban J connectivity index is 1.86. The maximum atomic E-state index is 6.08. The Morgan fingerprint density at radius 2 is 2.17 bits per heavy atom. The second-order valence-electron chi connectivity index (χ2n) is 5.61. The van der Waals surface area contributed by atoms with E-state index in [1.54, 1.807) is 0 Å². The van der Waals surface area contributed by atoms with Gasteiger partial charge in [0.15, 0.2) is 0 Å². The number of ether oxygens (including phenoxy) is 1. The summed E-state index contributed by atoms with van der Waals surface area (Å²) in [4.78, 5) is 0. The quantitative estimate of drug-likeness (QED) is 0.917. The Morgan fingerprint density at radius 1 is 1.33 bits per heavy atom. The van der Waals surface area contributed by atoms with E-state index in [0.717, 1.165) is 35.8 Å². The zero-order valence-electron chi connectivity index (χ0n) is 10.8. The highest BCUT2D eigenvalue weighted by Gasteiger charge is 2.25. The number of aryl methyl sites for hydroxylation is 1. The molecule has 1 heterocycles. The van der Waals surface area contributed by atoms with E-state index >= 15 is 0 Å². The average Bonchev–Trinajstić information content (AvgIpc) is 3.00.